The first-order valence-corrected chi connectivity index (χ1v) is 7.42. The van der Waals surface area contributed by atoms with Gasteiger partial charge < -0.3 is 10.8 Å². The Hall–Kier alpha value is -1.64. The van der Waals surface area contributed by atoms with Gasteiger partial charge in [0, 0.05) is 13.0 Å². The lowest BCUT2D eigenvalue weighted by atomic mass is 9.84. The summed E-state index contributed by atoms with van der Waals surface area (Å²) in [5, 5.41) is 10.8. The van der Waals surface area contributed by atoms with E-state index in [0.717, 1.165) is 11.1 Å². The van der Waals surface area contributed by atoms with E-state index < -0.39 is 5.60 Å². The maximum atomic E-state index is 10.8. The van der Waals surface area contributed by atoms with E-state index in [0.29, 0.717) is 6.42 Å². The van der Waals surface area contributed by atoms with Crippen molar-refractivity contribution in [1.82, 2.24) is 0 Å². The second-order valence-corrected chi connectivity index (χ2v) is 6.73. The SMILES string of the molecule is CC(C)(C)c1ccc(CC(O)(CN)c2ccccc2)cc1. The summed E-state index contributed by atoms with van der Waals surface area (Å²) in [5.41, 5.74) is 8.23. The lowest BCUT2D eigenvalue weighted by molar-refractivity contribution is 0.0463. The van der Waals surface area contributed by atoms with Crippen LogP contribution in [0.25, 0.3) is 0 Å². The highest BCUT2D eigenvalue weighted by molar-refractivity contribution is 5.31. The molecule has 112 valence electrons. The fourth-order valence-electron chi connectivity index (χ4n) is 2.50. The zero-order valence-electron chi connectivity index (χ0n) is 13.1. The number of nitrogens with two attached hydrogens (primary N) is 1. The van der Waals surface area contributed by atoms with Gasteiger partial charge in [0.05, 0.1) is 0 Å². The quantitative estimate of drug-likeness (QED) is 0.903. The molecule has 0 aromatic heterocycles. The molecular formula is C19H25NO. The van der Waals surface area contributed by atoms with Gasteiger partial charge in [-0.25, -0.2) is 0 Å². The maximum absolute atomic E-state index is 10.8. The molecule has 0 aliphatic carbocycles. The van der Waals surface area contributed by atoms with Crippen molar-refractivity contribution in [3.63, 3.8) is 0 Å². The number of hydrogen-bond acceptors (Lipinski definition) is 2. The molecule has 2 aromatic rings. The average molecular weight is 283 g/mol. The van der Waals surface area contributed by atoms with Gasteiger partial charge in [-0.05, 0) is 22.1 Å². The minimum Gasteiger partial charge on any atom is -0.383 e. The first-order valence-electron chi connectivity index (χ1n) is 7.42. The molecule has 2 heteroatoms. The van der Waals surface area contributed by atoms with E-state index in [-0.39, 0.29) is 12.0 Å². The average Bonchev–Trinajstić information content (AvgIpc) is 2.47. The first kappa shape index (κ1) is 15.7. The summed E-state index contributed by atoms with van der Waals surface area (Å²) >= 11 is 0. The molecule has 0 fully saturated rings. The van der Waals surface area contributed by atoms with Crippen LogP contribution in [-0.4, -0.2) is 11.7 Å². The Morgan fingerprint density at radius 3 is 1.90 bits per heavy atom. The standard InChI is InChI=1S/C19H25NO/c1-18(2,3)16-11-9-15(10-12-16)13-19(21,14-20)17-7-5-4-6-8-17/h4-12,21H,13-14,20H2,1-3H3. The first-order chi connectivity index (χ1) is 9.85. The fourth-order valence-corrected chi connectivity index (χ4v) is 2.50. The van der Waals surface area contributed by atoms with Crippen molar-refractivity contribution in [3.8, 4) is 0 Å². The summed E-state index contributed by atoms with van der Waals surface area (Å²) in [5.74, 6) is 0. The van der Waals surface area contributed by atoms with Crippen LogP contribution in [0.1, 0.15) is 37.5 Å². The van der Waals surface area contributed by atoms with E-state index in [4.69, 9.17) is 5.73 Å². The van der Waals surface area contributed by atoms with Crippen molar-refractivity contribution in [2.75, 3.05) is 6.54 Å². The fraction of sp³-hybridized carbons (Fsp3) is 0.368. The van der Waals surface area contributed by atoms with Crippen molar-refractivity contribution in [3.05, 3.63) is 71.3 Å². The monoisotopic (exact) mass is 283 g/mol. The van der Waals surface area contributed by atoms with Gasteiger partial charge in [-0.3, -0.25) is 0 Å². The van der Waals surface area contributed by atoms with Gasteiger partial charge in [0.15, 0.2) is 0 Å². The van der Waals surface area contributed by atoms with Gasteiger partial charge in [0.25, 0.3) is 0 Å². The molecule has 0 radical (unpaired) electrons. The Balaban J connectivity index is 2.23. The molecule has 0 aliphatic rings. The van der Waals surface area contributed by atoms with E-state index in [1.807, 2.05) is 30.3 Å². The molecule has 0 bridgehead atoms. The summed E-state index contributed by atoms with van der Waals surface area (Å²) in [6.45, 7) is 6.80. The molecule has 1 atom stereocenters. The lowest BCUT2D eigenvalue weighted by Gasteiger charge is -2.28. The van der Waals surface area contributed by atoms with Crippen LogP contribution in [0.15, 0.2) is 54.6 Å². The largest absolute Gasteiger partial charge is 0.383 e. The van der Waals surface area contributed by atoms with E-state index in [1.165, 1.54) is 5.56 Å². The van der Waals surface area contributed by atoms with Gasteiger partial charge in [-0.2, -0.15) is 0 Å². The molecular weight excluding hydrogens is 258 g/mol. The molecule has 0 amide bonds. The molecule has 3 N–H and O–H groups in total. The Morgan fingerprint density at radius 2 is 1.43 bits per heavy atom. The van der Waals surface area contributed by atoms with Crippen molar-refractivity contribution < 1.29 is 5.11 Å². The van der Waals surface area contributed by atoms with Crippen LogP contribution in [0.5, 0.6) is 0 Å². The van der Waals surface area contributed by atoms with Crippen LogP contribution in [0.3, 0.4) is 0 Å². The molecule has 1 unspecified atom stereocenters. The van der Waals surface area contributed by atoms with Gasteiger partial charge in [0.2, 0.25) is 0 Å². The third-order valence-corrected chi connectivity index (χ3v) is 3.97. The van der Waals surface area contributed by atoms with Gasteiger partial charge in [-0.15, -0.1) is 0 Å². The van der Waals surface area contributed by atoms with Crippen LogP contribution in [0.4, 0.5) is 0 Å². The van der Waals surface area contributed by atoms with E-state index >= 15 is 0 Å². The third-order valence-electron chi connectivity index (χ3n) is 3.97. The van der Waals surface area contributed by atoms with Crippen LogP contribution >= 0.6 is 0 Å². The van der Waals surface area contributed by atoms with Gasteiger partial charge in [-0.1, -0.05) is 75.4 Å². The summed E-state index contributed by atoms with van der Waals surface area (Å²) < 4.78 is 0. The highest BCUT2D eigenvalue weighted by atomic mass is 16.3. The van der Waals surface area contributed by atoms with E-state index in [2.05, 4.69) is 45.0 Å². The van der Waals surface area contributed by atoms with E-state index in [1.54, 1.807) is 0 Å². The molecule has 21 heavy (non-hydrogen) atoms. The second kappa shape index (κ2) is 6.00. The summed E-state index contributed by atoms with van der Waals surface area (Å²) in [7, 11) is 0. The second-order valence-electron chi connectivity index (χ2n) is 6.73. The number of rotatable bonds is 4. The molecule has 0 heterocycles. The lowest BCUT2D eigenvalue weighted by Crippen LogP contribution is -2.37. The zero-order chi connectivity index (χ0) is 15.5. The number of aliphatic hydroxyl groups is 1. The molecule has 0 aliphatic heterocycles. The number of hydrogen-bond donors (Lipinski definition) is 2. The Kier molecular flexibility index (Phi) is 4.50. The van der Waals surface area contributed by atoms with Gasteiger partial charge >= 0.3 is 0 Å². The highest BCUT2D eigenvalue weighted by Crippen LogP contribution is 2.27. The highest BCUT2D eigenvalue weighted by Gasteiger charge is 2.27. The predicted octanol–water partition coefficient (Wildman–Crippen LogP) is 3.37. The summed E-state index contributed by atoms with van der Waals surface area (Å²) in [4.78, 5) is 0. The van der Waals surface area contributed by atoms with Crippen LogP contribution in [0, 0.1) is 0 Å². The normalized spacial score (nSPS) is 14.7. The van der Waals surface area contributed by atoms with Crippen LogP contribution in [-0.2, 0) is 17.4 Å². The molecule has 0 spiro atoms. The molecule has 2 rings (SSSR count). The molecule has 0 saturated carbocycles. The molecule has 2 nitrogen and oxygen atoms in total. The van der Waals surface area contributed by atoms with Crippen molar-refractivity contribution >= 4 is 0 Å². The predicted molar refractivity (Wildman–Crippen MR) is 88.2 cm³/mol. The Labute approximate surface area is 127 Å². The Morgan fingerprint density at radius 1 is 0.857 bits per heavy atom. The third kappa shape index (κ3) is 3.72. The van der Waals surface area contributed by atoms with Crippen molar-refractivity contribution in [2.24, 2.45) is 5.73 Å². The maximum Gasteiger partial charge on any atom is 0.106 e. The smallest absolute Gasteiger partial charge is 0.106 e. The zero-order valence-corrected chi connectivity index (χ0v) is 13.1. The molecule has 2 aromatic carbocycles. The van der Waals surface area contributed by atoms with Crippen molar-refractivity contribution in [1.29, 1.82) is 0 Å². The summed E-state index contributed by atoms with van der Waals surface area (Å²) in [6, 6.07) is 18.1. The number of benzene rings is 2. The topological polar surface area (TPSA) is 46.2 Å². The Bertz CT molecular complexity index is 569. The van der Waals surface area contributed by atoms with Crippen LogP contribution < -0.4 is 5.73 Å². The van der Waals surface area contributed by atoms with Crippen LogP contribution in [0.2, 0.25) is 0 Å². The van der Waals surface area contributed by atoms with E-state index in [9.17, 15) is 5.11 Å². The van der Waals surface area contributed by atoms with Gasteiger partial charge in [0.1, 0.15) is 5.60 Å². The minimum absolute atomic E-state index is 0.141. The molecule has 0 saturated heterocycles. The minimum atomic E-state index is -1.01. The summed E-state index contributed by atoms with van der Waals surface area (Å²) in [6.07, 6.45) is 0.526. The van der Waals surface area contributed by atoms with Crippen molar-refractivity contribution in [2.45, 2.75) is 38.2 Å².